The molecule has 0 amide bonds. The third kappa shape index (κ3) is 3.94. The topological polar surface area (TPSA) is 35.1 Å². The van der Waals surface area contributed by atoms with Crippen LogP contribution in [0.4, 0.5) is 0 Å². The Balaban J connectivity index is 1.21. The molecule has 0 fully saturated rings. The first kappa shape index (κ1) is 29.4. The lowest BCUT2D eigenvalue weighted by atomic mass is 10.0. The summed E-state index contributed by atoms with van der Waals surface area (Å²) in [6.07, 6.45) is 0. The van der Waals surface area contributed by atoms with E-state index in [2.05, 4.69) is 179 Å². The molecule has 0 N–H and O–H groups in total. The Morgan fingerprint density at radius 2 is 1.11 bits per heavy atom. The van der Waals surface area contributed by atoms with E-state index in [-0.39, 0.29) is 0 Å². The Kier molecular flexibility index (Phi) is 5.74. The Hall–Kier alpha value is -7.08. The van der Waals surface area contributed by atoms with Gasteiger partial charge in [-0.2, -0.15) is 0 Å². The number of hydrogen-bond donors (Lipinski definition) is 0. The first-order chi connectivity index (χ1) is 27.3. The fraction of sp³-hybridized carbons (Fsp3) is 0. The molecule has 55 heavy (non-hydrogen) atoms. The van der Waals surface area contributed by atoms with Crippen LogP contribution in [0.15, 0.2) is 170 Å². The lowest BCUT2D eigenvalue weighted by molar-refractivity contribution is 1.08. The lowest BCUT2D eigenvalue weighted by Gasteiger charge is -2.12. The van der Waals surface area contributed by atoms with Gasteiger partial charge in [0.1, 0.15) is 4.83 Å². The summed E-state index contributed by atoms with van der Waals surface area (Å²) in [6, 6.07) is 61.6. The Morgan fingerprint density at radius 3 is 1.98 bits per heavy atom. The molecule has 0 spiro atoms. The monoisotopic (exact) mass is 716 g/mol. The van der Waals surface area contributed by atoms with Crippen LogP contribution in [0, 0.1) is 0 Å². The first-order valence-corrected chi connectivity index (χ1v) is 19.5. The number of nitrogens with zero attached hydrogens (tertiary/aromatic N) is 4. The second-order valence-corrected chi connectivity index (χ2v) is 15.6. The zero-order valence-electron chi connectivity index (χ0n) is 29.4. The second-order valence-electron chi connectivity index (χ2n) is 14.6. The molecule has 0 aliphatic heterocycles. The van der Waals surface area contributed by atoms with E-state index in [1.54, 1.807) is 11.3 Å². The van der Waals surface area contributed by atoms with Crippen molar-refractivity contribution in [2.24, 2.45) is 0 Å². The maximum atomic E-state index is 5.58. The molecule has 4 nitrogen and oxygen atoms in total. The Bertz CT molecular complexity index is 3720. The zero-order chi connectivity index (χ0) is 35.8. The predicted molar refractivity (Wildman–Crippen MR) is 232 cm³/mol. The number of benzene rings is 8. The van der Waals surface area contributed by atoms with Crippen LogP contribution in [0.2, 0.25) is 0 Å². The average Bonchev–Trinajstić information content (AvgIpc) is 3.98. The number of thiophene rings is 1. The summed E-state index contributed by atoms with van der Waals surface area (Å²) in [7, 11) is 0. The number of aromatic nitrogens is 4. The van der Waals surface area contributed by atoms with Crippen molar-refractivity contribution in [1.29, 1.82) is 0 Å². The molecular formula is C50H28N4S. The standard InChI is InChI=1S/C50H28N4S/c1-2-12-29(13-3-1)32-24-25-34-38-28-42-44(45-36-17-7-9-19-39(36)53(47(38)45)41(34)27-32)35-16-6-10-20-40(35)54(42)49-46-37-18-8-11-21-43(37)55-50(46)52-48(51-49)33-23-22-30-14-4-5-15-31(30)26-33/h1-28H. The van der Waals surface area contributed by atoms with Crippen LogP contribution in [0.25, 0.3) is 119 Å². The molecule has 0 saturated heterocycles. The number of fused-ring (bicyclic) bond motifs is 14. The van der Waals surface area contributed by atoms with Gasteiger partial charge in [0.15, 0.2) is 11.6 Å². The van der Waals surface area contributed by atoms with Crippen molar-refractivity contribution in [1.82, 2.24) is 18.9 Å². The van der Waals surface area contributed by atoms with Gasteiger partial charge < -0.3 is 4.40 Å². The maximum absolute atomic E-state index is 5.58. The Morgan fingerprint density at radius 1 is 0.400 bits per heavy atom. The van der Waals surface area contributed by atoms with Crippen LogP contribution in [-0.4, -0.2) is 18.9 Å². The van der Waals surface area contributed by atoms with E-state index in [1.165, 1.54) is 80.9 Å². The third-order valence-electron chi connectivity index (χ3n) is 11.6. The fourth-order valence-electron chi connectivity index (χ4n) is 9.27. The van der Waals surface area contributed by atoms with Crippen molar-refractivity contribution in [3.05, 3.63) is 170 Å². The molecule has 0 bridgehead atoms. The van der Waals surface area contributed by atoms with Crippen LogP contribution in [0.3, 0.4) is 0 Å². The predicted octanol–water partition coefficient (Wildman–Crippen LogP) is 13.6. The average molecular weight is 717 g/mol. The summed E-state index contributed by atoms with van der Waals surface area (Å²) in [5, 5.41) is 12.1. The van der Waals surface area contributed by atoms with E-state index < -0.39 is 0 Å². The third-order valence-corrected chi connectivity index (χ3v) is 12.7. The molecule has 8 aromatic carbocycles. The molecule has 0 saturated carbocycles. The lowest BCUT2D eigenvalue weighted by Crippen LogP contribution is -2.02. The highest BCUT2D eigenvalue weighted by Crippen LogP contribution is 2.48. The molecule has 0 aliphatic rings. The van der Waals surface area contributed by atoms with Crippen molar-refractivity contribution in [3.8, 4) is 28.3 Å². The van der Waals surface area contributed by atoms with Gasteiger partial charge in [0.2, 0.25) is 0 Å². The van der Waals surface area contributed by atoms with Gasteiger partial charge in [-0.25, -0.2) is 9.97 Å². The van der Waals surface area contributed by atoms with Crippen LogP contribution >= 0.6 is 11.3 Å². The Labute approximate surface area is 318 Å². The minimum atomic E-state index is 0.728. The van der Waals surface area contributed by atoms with E-state index >= 15 is 0 Å². The van der Waals surface area contributed by atoms with Gasteiger partial charge in [0, 0.05) is 48.0 Å². The summed E-state index contributed by atoms with van der Waals surface area (Å²) in [4.78, 5) is 11.9. The van der Waals surface area contributed by atoms with Gasteiger partial charge in [0.25, 0.3) is 0 Å². The summed E-state index contributed by atoms with van der Waals surface area (Å²) in [5.74, 6) is 1.64. The first-order valence-electron chi connectivity index (χ1n) is 18.7. The molecular weight excluding hydrogens is 689 g/mol. The molecule has 0 atom stereocenters. The molecule has 0 radical (unpaired) electrons. The minimum Gasteiger partial charge on any atom is -0.308 e. The summed E-state index contributed by atoms with van der Waals surface area (Å²) in [5.41, 5.74) is 9.42. The molecule has 5 aromatic heterocycles. The summed E-state index contributed by atoms with van der Waals surface area (Å²) >= 11 is 1.74. The number of para-hydroxylation sites is 2. The number of rotatable bonds is 3. The SMILES string of the molecule is c1ccc(-c2ccc3c4cc5c(c6ccccc6n5-c5nc(-c6ccc7ccccc7c6)nc6sc7ccccc7c56)c5c6ccccc6n(c3c2)c45)cc1. The van der Waals surface area contributed by atoms with Gasteiger partial charge in [-0.1, -0.05) is 133 Å². The van der Waals surface area contributed by atoms with E-state index in [0.717, 1.165) is 38.5 Å². The van der Waals surface area contributed by atoms with E-state index in [4.69, 9.17) is 9.97 Å². The van der Waals surface area contributed by atoms with Crippen molar-refractivity contribution in [2.75, 3.05) is 0 Å². The molecule has 0 unspecified atom stereocenters. The molecule has 5 heterocycles. The van der Waals surface area contributed by atoms with Gasteiger partial charge in [-0.15, -0.1) is 11.3 Å². The van der Waals surface area contributed by atoms with Gasteiger partial charge >= 0.3 is 0 Å². The van der Waals surface area contributed by atoms with Crippen molar-refractivity contribution in [3.63, 3.8) is 0 Å². The normalized spacial score (nSPS) is 12.4. The molecule has 13 aromatic rings. The van der Waals surface area contributed by atoms with Crippen molar-refractivity contribution < 1.29 is 0 Å². The van der Waals surface area contributed by atoms with Crippen LogP contribution in [-0.2, 0) is 0 Å². The van der Waals surface area contributed by atoms with E-state index in [0.29, 0.717) is 0 Å². The summed E-state index contributed by atoms with van der Waals surface area (Å²) < 4.78 is 6.13. The molecule has 5 heteroatoms. The quantitative estimate of drug-likeness (QED) is 0.182. The second kappa shape index (κ2) is 10.8. The highest BCUT2D eigenvalue weighted by atomic mass is 32.1. The largest absolute Gasteiger partial charge is 0.308 e. The number of hydrogen-bond acceptors (Lipinski definition) is 3. The van der Waals surface area contributed by atoms with Crippen LogP contribution in [0.5, 0.6) is 0 Å². The molecule has 0 aliphatic carbocycles. The van der Waals surface area contributed by atoms with E-state index in [1.807, 2.05) is 0 Å². The highest BCUT2D eigenvalue weighted by molar-refractivity contribution is 7.25. The smallest absolute Gasteiger partial charge is 0.163 e. The zero-order valence-corrected chi connectivity index (χ0v) is 30.2. The van der Waals surface area contributed by atoms with Crippen LogP contribution < -0.4 is 0 Å². The molecule has 254 valence electrons. The molecule has 13 rings (SSSR count). The van der Waals surface area contributed by atoms with E-state index in [9.17, 15) is 0 Å². The van der Waals surface area contributed by atoms with Crippen molar-refractivity contribution >= 4 is 102 Å². The highest BCUT2D eigenvalue weighted by Gasteiger charge is 2.26. The maximum Gasteiger partial charge on any atom is 0.163 e. The van der Waals surface area contributed by atoms with Gasteiger partial charge in [-0.3, -0.25) is 4.57 Å². The summed E-state index contributed by atoms with van der Waals surface area (Å²) in [6.45, 7) is 0. The van der Waals surface area contributed by atoms with Crippen LogP contribution in [0.1, 0.15) is 0 Å². The van der Waals surface area contributed by atoms with Crippen molar-refractivity contribution in [2.45, 2.75) is 0 Å². The van der Waals surface area contributed by atoms with Gasteiger partial charge in [0.05, 0.1) is 33.0 Å². The minimum absolute atomic E-state index is 0.728. The van der Waals surface area contributed by atoms with Gasteiger partial charge in [-0.05, 0) is 58.3 Å². The fourth-order valence-corrected chi connectivity index (χ4v) is 10.3.